The highest BCUT2D eigenvalue weighted by Gasteiger charge is 2.19. The third-order valence-electron chi connectivity index (χ3n) is 4.63. The van der Waals surface area contributed by atoms with Crippen LogP contribution in [0.15, 0.2) is 71.6 Å². The number of nitrogens with zero attached hydrogens (tertiary/aromatic N) is 1. The van der Waals surface area contributed by atoms with Gasteiger partial charge in [0.15, 0.2) is 15.6 Å². The first-order chi connectivity index (χ1) is 13.7. The normalized spacial score (nSPS) is 11.3. The van der Waals surface area contributed by atoms with Gasteiger partial charge in [0.2, 0.25) is 0 Å². The summed E-state index contributed by atoms with van der Waals surface area (Å²) in [7, 11) is -2.02. The van der Waals surface area contributed by atoms with E-state index < -0.39 is 21.6 Å². The Balaban J connectivity index is 1.89. The number of benzene rings is 3. The Morgan fingerprint density at radius 2 is 1.69 bits per heavy atom. The molecule has 5 nitrogen and oxygen atoms in total. The lowest BCUT2D eigenvalue weighted by Gasteiger charge is -2.21. The molecule has 0 heterocycles. The minimum Gasteiger partial charge on any atom is -0.480 e. The topological polar surface area (TPSA) is 74.7 Å². The van der Waals surface area contributed by atoms with Crippen molar-refractivity contribution in [1.82, 2.24) is 0 Å². The molecule has 0 saturated heterocycles. The summed E-state index contributed by atoms with van der Waals surface area (Å²) in [6, 6.07) is 18.4. The van der Waals surface area contributed by atoms with E-state index in [1.807, 2.05) is 43.1 Å². The second-order valence-corrected chi connectivity index (χ2v) is 8.70. The molecule has 0 saturated carbocycles. The molecule has 0 atom stereocenters. The van der Waals surface area contributed by atoms with Crippen molar-refractivity contribution in [3.05, 3.63) is 78.1 Å². The molecule has 0 aliphatic rings. The number of hydrogen-bond donors (Lipinski definition) is 1. The van der Waals surface area contributed by atoms with E-state index in [9.17, 15) is 17.6 Å². The Morgan fingerprint density at radius 1 is 1.00 bits per heavy atom. The summed E-state index contributed by atoms with van der Waals surface area (Å²) in [5.41, 5.74) is 4.31. The van der Waals surface area contributed by atoms with Crippen molar-refractivity contribution in [2.45, 2.75) is 11.8 Å². The summed E-state index contributed by atoms with van der Waals surface area (Å²) in [5.74, 6) is -2.61. The fourth-order valence-corrected chi connectivity index (χ4v) is 4.15. The lowest BCUT2D eigenvalue weighted by atomic mass is 10.00. The van der Waals surface area contributed by atoms with E-state index >= 15 is 0 Å². The van der Waals surface area contributed by atoms with Crippen LogP contribution < -0.4 is 4.90 Å². The van der Waals surface area contributed by atoms with Crippen LogP contribution in [0.3, 0.4) is 0 Å². The number of halogens is 1. The van der Waals surface area contributed by atoms with Gasteiger partial charge in [0, 0.05) is 18.4 Å². The Bertz CT molecular complexity index is 1160. The molecule has 7 heteroatoms. The number of anilines is 2. The molecule has 0 spiro atoms. The quantitative estimate of drug-likeness (QED) is 0.647. The van der Waals surface area contributed by atoms with Crippen molar-refractivity contribution < 1.29 is 22.7 Å². The highest BCUT2D eigenvalue weighted by atomic mass is 32.2. The van der Waals surface area contributed by atoms with Crippen molar-refractivity contribution in [3.8, 4) is 11.1 Å². The van der Waals surface area contributed by atoms with Gasteiger partial charge in [-0.2, -0.15) is 0 Å². The van der Waals surface area contributed by atoms with E-state index in [0.29, 0.717) is 0 Å². The van der Waals surface area contributed by atoms with Gasteiger partial charge >= 0.3 is 5.97 Å². The molecular weight excluding hydrogens is 393 g/mol. The summed E-state index contributed by atoms with van der Waals surface area (Å²) in [4.78, 5) is 12.6. The SMILES string of the molecule is Cc1cc(F)ccc1-c1cccc(N(C)c2ccc(S(=O)(=O)CC(=O)O)cc2)c1. The van der Waals surface area contributed by atoms with Crippen LogP contribution in [0.1, 0.15) is 5.56 Å². The lowest BCUT2D eigenvalue weighted by Crippen LogP contribution is -2.15. The number of aryl methyl sites for hydroxylation is 1. The number of carboxylic acid groups (broad SMARTS) is 1. The monoisotopic (exact) mass is 413 g/mol. The summed E-state index contributed by atoms with van der Waals surface area (Å²) in [6.07, 6.45) is 0. The summed E-state index contributed by atoms with van der Waals surface area (Å²) in [5, 5.41) is 8.75. The zero-order valence-corrected chi connectivity index (χ0v) is 16.8. The number of sulfone groups is 1. The van der Waals surface area contributed by atoms with Gasteiger partial charge in [0.05, 0.1) is 4.90 Å². The van der Waals surface area contributed by atoms with Gasteiger partial charge in [-0.1, -0.05) is 18.2 Å². The molecule has 0 aliphatic heterocycles. The van der Waals surface area contributed by atoms with Crippen LogP contribution >= 0.6 is 0 Å². The fraction of sp³-hybridized carbons (Fsp3) is 0.136. The van der Waals surface area contributed by atoms with Crippen LogP contribution in [-0.2, 0) is 14.6 Å². The van der Waals surface area contributed by atoms with Crippen molar-refractivity contribution in [2.24, 2.45) is 0 Å². The van der Waals surface area contributed by atoms with Crippen LogP contribution in [-0.4, -0.2) is 32.3 Å². The molecule has 3 rings (SSSR count). The first kappa shape index (κ1) is 20.5. The average molecular weight is 413 g/mol. The predicted octanol–water partition coefficient (Wildman–Crippen LogP) is 4.43. The highest BCUT2D eigenvalue weighted by molar-refractivity contribution is 7.92. The van der Waals surface area contributed by atoms with Gasteiger partial charge in [0.1, 0.15) is 5.82 Å². The standard InChI is InChI=1S/C22H20FNO4S/c1-15-12-17(23)6-11-21(15)16-4-3-5-19(13-16)24(2)18-7-9-20(10-8-18)29(27,28)14-22(25)26/h3-13H,14H2,1-2H3,(H,25,26). The number of aliphatic carboxylic acids is 1. The molecule has 0 fully saturated rings. The van der Waals surface area contributed by atoms with Gasteiger partial charge in [-0.25, -0.2) is 12.8 Å². The second-order valence-electron chi connectivity index (χ2n) is 6.72. The molecule has 1 N–H and O–H groups in total. The number of rotatable bonds is 6. The first-order valence-corrected chi connectivity index (χ1v) is 10.5. The summed E-state index contributed by atoms with van der Waals surface area (Å²) < 4.78 is 37.5. The Morgan fingerprint density at radius 3 is 2.31 bits per heavy atom. The second kappa shape index (κ2) is 8.05. The van der Waals surface area contributed by atoms with Crippen molar-refractivity contribution in [1.29, 1.82) is 0 Å². The summed E-state index contributed by atoms with van der Waals surface area (Å²) >= 11 is 0. The Hall–Kier alpha value is -3.19. The van der Waals surface area contributed by atoms with E-state index in [1.165, 1.54) is 24.3 Å². The number of hydrogen-bond acceptors (Lipinski definition) is 4. The molecule has 0 aliphatic carbocycles. The smallest absolute Gasteiger partial charge is 0.319 e. The van der Waals surface area contributed by atoms with Crippen LogP contribution in [0.5, 0.6) is 0 Å². The lowest BCUT2D eigenvalue weighted by molar-refractivity contribution is -0.134. The van der Waals surface area contributed by atoms with E-state index in [0.717, 1.165) is 28.1 Å². The molecule has 0 unspecified atom stereocenters. The molecule has 3 aromatic rings. The summed E-state index contributed by atoms with van der Waals surface area (Å²) in [6.45, 7) is 1.85. The maximum absolute atomic E-state index is 13.4. The third-order valence-corrected chi connectivity index (χ3v) is 6.25. The molecule has 150 valence electrons. The van der Waals surface area contributed by atoms with Crippen molar-refractivity contribution in [3.63, 3.8) is 0 Å². The minimum absolute atomic E-state index is 0.0345. The molecule has 0 bridgehead atoms. The first-order valence-electron chi connectivity index (χ1n) is 8.82. The van der Waals surface area contributed by atoms with Gasteiger partial charge in [-0.05, 0) is 72.1 Å². The molecular formula is C22H20FNO4S. The molecule has 3 aromatic carbocycles. The van der Waals surface area contributed by atoms with E-state index in [2.05, 4.69) is 0 Å². The Labute approximate surface area is 169 Å². The highest BCUT2D eigenvalue weighted by Crippen LogP contribution is 2.31. The molecule has 0 radical (unpaired) electrons. The maximum Gasteiger partial charge on any atom is 0.319 e. The fourth-order valence-electron chi connectivity index (χ4n) is 3.11. The van der Waals surface area contributed by atoms with Crippen LogP contribution in [0.2, 0.25) is 0 Å². The van der Waals surface area contributed by atoms with Gasteiger partial charge in [-0.3, -0.25) is 4.79 Å². The predicted molar refractivity (Wildman–Crippen MR) is 111 cm³/mol. The van der Waals surface area contributed by atoms with Crippen LogP contribution in [0.25, 0.3) is 11.1 Å². The third kappa shape index (κ3) is 4.63. The zero-order valence-electron chi connectivity index (χ0n) is 16.0. The van der Waals surface area contributed by atoms with Gasteiger partial charge in [0.25, 0.3) is 0 Å². The maximum atomic E-state index is 13.4. The molecule has 0 amide bonds. The van der Waals surface area contributed by atoms with E-state index in [4.69, 9.17) is 5.11 Å². The van der Waals surface area contributed by atoms with Crippen LogP contribution in [0.4, 0.5) is 15.8 Å². The number of carbonyl (C=O) groups is 1. The van der Waals surface area contributed by atoms with Gasteiger partial charge < -0.3 is 10.0 Å². The van der Waals surface area contributed by atoms with E-state index in [1.54, 1.807) is 18.2 Å². The van der Waals surface area contributed by atoms with Crippen molar-refractivity contribution in [2.75, 3.05) is 17.7 Å². The number of carboxylic acids is 1. The average Bonchev–Trinajstić information content (AvgIpc) is 2.66. The van der Waals surface area contributed by atoms with E-state index in [-0.39, 0.29) is 10.7 Å². The van der Waals surface area contributed by atoms with Crippen LogP contribution in [0, 0.1) is 12.7 Å². The molecule has 29 heavy (non-hydrogen) atoms. The van der Waals surface area contributed by atoms with Crippen molar-refractivity contribution >= 4 is 27.2 Å². The zero-order chi connectivity index (χ0) is 21.2. The molecule has 0 aromatic heterocycles. The largest absolute Gasteiger partial charge is 0.480 e. The Kier molecular flexibility index (Phi) is 5.70. The van der Waals surface area contributed by atoms with Gasteiger partial charge in [-0.15, -0.1) is 0 Å². The minimum atomic E-state index is -3.87.